The summed E-state index contributed by atoms with van der Waals surface area (Å²) in [4.78, 5) is 0. The molecule has 1 rings (SSSR count). The van der Waals surface area contributed by atoms with Gasteiger partial charge in [0.1, 0.15) is 5.82 Å². The number of halogens is 1. The fourth-order valence-electron chi connectivity index (χ4n) is 0.415. The van der Waals surface area contributed by atoms with Gasteiger partial charge in [-0.3, -0.25) is 0 Å². The minimum absolute atomic E-state index is 0. The van der Waals surface area contributed by atoms with Crippen LogP contribution in [0.2, 0.25) is 0 Å². The van der Waals surface area contributed by atoms with Crippen LogP contribution in [-0.4, -0.2) is 0 Å². The van der Waals surface area contributed by atoms with Gasteiger partial charge < -0.3 is 13.5 Å². The summed E-state index contributed by atoms with van der Waals surface area (Å²) in [6.45, 7) is 0. The van der Waals surface area contributed by atoms with Crippen LogP contribution in [-0.2, 0) is 13.5 Å². The molecule has 0 aliphatic heterocycles. The average Bonchev–Trinajstić information content (AvgIpc) is 1.69. The van der Waals surface area contributed by atoms with E-state index in [4.69, 9.17) is 0 Å². The average molecular weight is 152 g/mol. The molecule has 0 amide bonds. The van der Waals surface area contributed by atoms with Crippen molar-refractivity contribution in [3.8, 4) is 0 Å². The van der Waals surface area contributed by atoms with Crippen molar-refractivity contribution in [1.29, 1.82) is 0 Å². The Balaban J connectivity index is 0. The molecule has 44 valence electrons. The second kappa shape index (κ2) is 6.62. The fourth-order valence-corrected chi connectivity index (χ4v) is 0.415. The zero-order chi connectivity index (χ0) is 5.11. The molecule has 0 aromatic heterocycles. The minimum atomic E-state index is -0.178. The second-order valence-electron chi connectivity index (χ2n) is 1.30. The molecule has 0 heterocycles. The molecule has 0 spiro atoms. The van der Waals surface area contributed by atoms with E-state index in [0.717, 1.165) is 0 Å². The SMILES string of the molecule is Fc1ccccc1.[Na+].[SH-]. The summed E-state index contributed by atoms with van der Waals surface area (Å²) in [5.74, 6) is -0.178. The van der Waals surface area contributed by atoms with Gasteiger partial charge in [0.15, 0.2) is 0 Å². The monoisotopic (exact) mass is 152 g/mol. The van der Waals surface area contributed by atoms with Crippen LogP contribution in [0.25, 0.3) is 0 Å². The first-order valence-corrected chi connectivity index (χ1v) is 2.10. The van der Waals surface area contributed by atoms with E-state index in [1.54, 1.807) is 18.2 Å². The topological polar surface area (TPSA) is 0 Å². The van der Waals surface area contributed by atoms with E-state index in [1.165, 1.54) is 12.1 Å². The summed E-state index contributed by atoms with van der Waals surface area (Å²) in [5.41, 5.74) is 0. The molecule has 0 atom stereocenters. The molecule has 3 heteroatoms. The van der Waals surface area contributed by atoms with E-state index < -0.39 is 0 Å². The van der Waals surface area contributed by atoms with Crippen LogP contribution in [0.4, 0.5) is 4.39 Å². The largest absolute Gasteiger partial charge is 1.00 e. The maximum atomic E-state index is 11.9. The summed E-state index contributed by atoms with van der Waals surface area (Å²) in [7, 11) is 0. The first-order valence-electron chi connectivity index (χ1n) is 2.10. The van der Waals surface area contributed by atoms with Gasteiger partial charge in [0.25, 0.3) is 0 Å². The summed E-state index contributed by atoms with van der Waals surface area (Å²) in [5, 5.41) is 0. The van der Waals surface area contributed by atoms with Crippen molar-refractivity contribution in [3.05, 3.63) is 36.1 Å². The molecule has 0 bridgehead atoms. The van der Waals surface area contributed by atoms with Crippen LogP contribution in [0.5, 0.6) is 0 Å². The summed E-state index contributed by atoms with van der Waals surface area (Å²) in [6, 6.07) is 7.94. The van der Waals surface area contributed by atoms with E-state index >= 15 is 0 Å². The molecular formula is C6H6FNaS. The maximum absolute atomic E-state index is 11.9. The first-order chi connectivity index (χ1) is 3.39. The van der Waals surface area contributed by atoms with Crippen molar-refractivity contribution in [2.75, 3.05) is 0 Å². The van der Waals surface area contributed by atoms with Crippen LogP contribution >= 0.6 is 0 Å². The van der Waals surface area contributed by atoms with E-state index in [9.17, 15) is 4.39 Å². The first kappa shape index (κ1) is 12.2. The Morgan fingerprint density at radius 3 is 1.67 bits per heavy atom. The predicted octanol–water partition coefficient (Wildman–Crippen LogP) is -1.44. The van der Waals surface area contributed by atoms with Crippen LogP contribution in [0.15, 0.2) is 30.3 Å². The van der Waals surface area contributed by atoms with Crippen LogP contribution in [0.1, 0.15) is 0 Å². The van der Waals surface area contributed by atoms with Gasteiger partial charge in [-0.1, -0.05) is 18.2 Å². The van der Waals surface area contributed by atoms with Gasteiger partial charge in [0.2, 0.25) is 0 Å². The molecule has 0 saturated heterocycles. The van der Waals surface area contributed by atoms with Crippen molar-refractivity contribution in [2.24, 2.45) is 0 Å². The molecule has 1 aromatic rings. The number of rotatable bonds is 0. The quantitative estimate of drug-likeness (QED) is 0.249. The zero-order valence-electron chi connectivity index (χ0n) is 5.21. The van der Waals surface area contributed by atoms with Gasteiger partial charge in [-0.15, -0.1) is 0 Å². The minimum Gasteiger partial charge on any atom is -0.813 e. The Labute approximate surface area is 83.2 Å². The van der Waals surface area contributed by atoms with E-state index in [0.29, 0.717) is 0 Å². The fraction of sp³-hybridized carbons (Fsp3) is 0. The van der Waals surface area contributed by atoms with Crippen molar-refractivity contribution >= 4 is 13.5 Å². The molecule has 0 saturated carbocycles. The van der Waals surface area contributed by atoms with Gasteiger partial charge in [0.05, 0.1) is 0 Å². The Morgan fingerprint density at radius 2 is 1.44 bits per heavy atom. The Hall–Kier alpha value is 0.500. The summed E-state index contributed by atoms with van der Waals surface area (Å²) < 4.78 is 11.9. The Bertz CT molecular complexity index is 143. The molecule has 0 aliphatic carbocycles. The third kappa shape index (κ3) is 4.97. The van der Waals surface area contributed by atoms with Gasteiger partial charge >= 0.3 is 29.6 Å². The van der Waals surface area contributed by atoms with Crippen LogP contribution < -0.4 is 29.6 Å². The molecule has 9 heavy (non-hydrogen) atoms. The van der Waals surface area contributed by atoms with E-state index in [-0.39, 0.29) is 48.9 Å². The zero-order valence-corrected chi connectivity index (χ0v) is 8.11. The molecular weight excluding hydrogens is 146 g/mol. The van der Waals surface area contributed by atoms with E-state index in [2.05, 4.69) is 0 Å². The smallest absolute Gasteiger partial charge is 0.813 e. The van der Waals surface area contributed by atoms with Gasteiger partial charge in [0, 0.05) is 0 Å². The third-order valence-corrected chi connectivity index (χ3v) is 0.733. The summed E-state index contributed by atoms with van der Waals surface area (Å²) >= 11 is 0. The molecule has 0 fully saturated rings. The van der Waals surface area contributed by atoms with Crippen LogP contribution in [0.3, 0.4) is 0 Å². The van der Waals surface area contributed by atoms with Crippen LogP contribution in [0, 0.1) is 5.82 Å². The van der Waals surface area contributed by atoms with Gasteiger partial charge in [-0.05, 0) is 12.1 Å². The van der Waals surface area contributed by atoms with Crippen molar-refractivity contribution in [2.45, 2.75) is 0 Å². The van der Waals surface area contributed by atoms with Gasteiger partial charge in [-0.25, -0.2) is 4.39 Å². The number of hydrogen-bond acceptors (Lipinski definition) is 1. The second-order valence-corrected chi connectivity index (χ2v) is 1.30. The molecule has 0 unspecified atom stereocenters. The molecule has 1 aromatic carbocycles. The predicted molar refractivity (Wildman–Crippen MR) is 35.2 cm³/mol. The third-order valence-electron chi connectivity index (χ3n) is 0.733. The molecule has 0 N–H and O–H groups in total. The maximum Gasteiger partial charge on any atom is 1.00 e. The van der Waals surface area contributed by atoms with Crippen molar-refractivity contribution in [3.63, 3.8) is 0 Å². The number of benzene rings is 1. The Morgan fingerprint density at radius 1 is 1.00 bits per heavy atom. The van der Waals surface area contributed by atoms with E-state index in [1.807, 2.05) is 0 Å². The number of thiol groups is 1. The normalized spacial score (nSPS) is 6.78. The Kier molecular flexibility index (Phi) is 8.97. The molecule has 0 aliphatic rings. The standard InChI is InChI=1S/C6H5F.Na.H2S/c7-6-4-2-1-3-5-6;;/h1-5H;;1H2/q;+1;/p-1. The van der Waals surface area contributed by atoms with Crippen molar-refractivity contribution < 1.29 is 33.9 Å². The molecule has 0 nitrogen and oxygen atoms in total. The van der Waals surface area contributed by atoms with Gasteiger partial charge in [-0.2, -0.15) is 0 Å². The van der Waals surface area contributed by atoms with Crippen molar-refractivity contribution in [1.82, 2.24) is 0 Å². The molecule has 0 radical (unpaired) electrons. The summed E-state index contributed by atoms with van der Waals surface area (Å²) in [6.07, 6.45) is 0. The number of hydrogen-bond donors (Lipinski definition) is 0.